The van der Waals surface area contributed by atoms with Gasteiger partial charge in [-0.3, -0.25) is 4.79 Å². The molecule has 150 valence electrons. The fraction of sp³-hybridized carbons (Fsp3) is 0.130. The number of hydrogen-bond acceptors (Lipinski definition) is 4. The van der Waals surface area contributed by atoms with Gasteiger partial charge in [-0.25, -0.2) is 4.98 Å². The summed E-state index contributed by atoms with van der Waals surface area (Å²) >= 11 is 0. The number of anilines is 1. The van der Waals surface area contributed by atoms with Crippen molar-refractivity contribution in [1.82, 2.24) is 15.0 Å². The highest BCUT2D eigenvalue weighted by atomic mass is 16.5. The standard InChI is InChI=1S/C23H20N4O3/c1-29-14-5-3-13(4-6-14)11-20-25-17-8-7-16-21(22(17)27-20)15(23(28)26-16)12-18-19(30-2)9-10-24-18/h3-10,12,24H,11H2,1-2H3,(H,25,27)(H,26,28)/b15-12+. The second-order valence-corrected chi connectivity index (χ2v) is 7.06. The van der Waals surface area contributed by atoms with E-state index in [1.807, 2.05) is 42.5 Å². The summed E-state index contributed by atoms with van der Waals surface area (Å²) < 4.78 is 10.6. The van der Waals surface area contributed by atoms with Gasteiger partial charge in [-0.2, -0.15) is 0 Å². The van der Waals surface area contributed by atoms with E-state index in [9.17, 15) is 4.79 Å². The molecule has 3 N–H and O–H groups in total. The van der Waals surface area contributed by atoms with Crippen LogP contribution in [-0.2, 0) is 11.2 Å². The fourth-order valence-electron chi connectivity index (χ4n) is 3.77. The van der Waals surface area contributed by atoms with E-state index in [2.05, 4.69) is 15.3 Å². The third-order valence-corrected chi connectivity index (χ3v) is 5.24. The Hall–Kier alpha value is -4.00. The lowest BCUT2D eigenvalue weighted by Gasteiger charge is -2.02. The zero-order chi connectivity index (χ0) is 20.7. The molecule has 1 aliphatic rings. The highest BCUT2D eigenvalue weighted by Crippen LogP contribution is 2.38. The topological polar surface area (TPSA) is 92.0 Å². The van der Waals surface area contributed by atoms with Crippen molar-refractivity contribution in [2.45, 2.75) is 6.42 Å². The highest BCUT2D eigenvalue weighted by Gasteiger charge is 2.28. The summed E-state index contributed by atoms with van der Waals surface area (Å²) in [5.41, 5.74) is 5.62. The smallest absolute Gasteiger partial charge is 0.256 e. The Bertz CT molecular complexity index is 1280. The van der Waals surface area contributed by atoms with Crippen molar-refractivity contribution in [3.8, 4) is 11.5 Å². The minimum Gasteiger partial charge on any atom is -0.497 e. The van der Waals surface area contributed by atoms with Gasteiger partial charge in [0.25, 0.3) is 5.91 Å². The van der Waals surface area contributed by atoms with Crippen molar-refractivity contribution >= 4 is 34.3 Å². The molecular weight excluding hydrogens is 380 g/mol. The first kappa shape index (κ1) is 18.1. The molecule has 0 radical (unpaired) electrons. The number of nitrogens with one attached hydrogen (secondary N) is 3. The van der Waals surface area contributed by atoms with E-state index >= 15 is 0 Å². The third-order valence-electron chi connectivity index (χ3n) is 5.24. The molecule has 30 heavy (non-hydrogen) atoms. The minimum atomic E-state index is -0.158. The number of hydrogen-bond donors (Lipinski definition) is 3. The first-order valence-corrected chi connectivity index (χ1v) is 9.55. The van der Waals surface area contributed by atoms with Gasteiger partial charge in [-0.15, -0.1) is 0 Å². The van der Waals surface area contributed by atoms with Gasteiger partial charge in [0.2, 0.25) is 0 Å². The van der Waals surface area contributed by atoms with Gasteiger partial charge in [-0.05, 0) is 42.0 Å². The number of amides is 1. The zero-order valence-corrected chi connectivity index (χ0v) is 16.6. The van der Waals surface area contributed by atoms with Gasteiger partial charge in [0.05, 0.1) is 42.2 Å². The molecule has 5 rings (SSSR count). The summed E-state index contributed by atoms with van der Waals surface area (Å²) in [4.78, 5) is 24.0. The first-order valence-electron chi connectivity index (χ1n) is 9.55. The number of imidazole rings is 1. The molecule has 0 spiro atoms. The number of aromatic nitrogens is 3. The molecule has 0 fully saturated rings. The summed E-state index contributed by atoms with van der Waals surface area (Å²) in [6.07, 6.45) is 4.23. The van der Waals surface area contributed by atoms with Crippen molar-refractivity contribution in [3.63, 3.8) is 0 Å². The number of fused-ring (bicyclic) bond motifs is 3. The van der Waals surface area contributed by atoms with Crippen molar-refractivity contribution in [2.24, 2.45) is 0 Å². The van der Waals surface area contributed by atoms with Crippen LogP contribution in [0.3, 0.4) is 0 Å². The van der Waals surface area contributed by atoms with Crippen LogP contribution in [0, 0.1) is 0 Å². The quantitative estimate of drug-likeness (QED) is 0.442. The second kappa shape index (κ2) is 7.11. The number of H-pyrrole nitrogens is 2. The summed E-state index contributed by atoms with van der Waals surface area (Å²) in [5.74, 6) is 2.17. The molecular formula is C23H20N4O3. The molecule has 4 aromatic rings. The van der Waals surface area contributed by atoms with Crippen molar-refractivity contribution in [1.29, 1.82) is 0 Å². The molecule has 3 heterocycles. The fourth-order valence-corrected chi connectivity index (χ4v) is 3.77. The number of nitrogens with zero attached hydrogens (tertiary/aromatic N) is 1. The predicted molar refractivity (Wildman–Crippen MR) is 116 cm³/mol. The maximum absolute atomic E-state index is 12.7. The molecule has 0 saturated heterocycles. The van der Waals surface area contributed by atoms with Gasteiger partial charge in [0, 0.05) is 18.2 Å². The van der Waals surface area contributed by atoms with Crippen LogP contribution in [0.5, 0.6) is 11.5 Å². The van der Waals surface area contributed by atoms with Gasteiger partial charge >= 0.3 is 0 Å². The third kappa shape index (κ3) is 3.00. The largest absolute Gasteiger partial charge is 0.497 e. The normalized spacial score (nSPS) is 14.2. The van der Waals surface area contributed by atoms with E-state index in [0.29, 0.717) is 17.7 Å². The molecule has 0 bridgehead atoms. The van der Waals surface area contributed by atoms with Gasteiger partial charge in [-0.1, -0.05) is 12.1 Å². The van der Waals surface area contributed by atoms with Crippen LogP contribution < -0.4 is 14.8 Å². The molecule has 0 atom stereocenters. The van der Waals surface area contributed by atoms with E-state index in [1.54, 1.807) is 26.5 Å². The highest BCUT2D eigenvalue weighted by molar-refractivity contribution is 6.37. The van der Waals surface area contributed by atoms with Gasteiger partial charge in [0.15, 0.2) is 0 Å². The Morgan fingerprint density at radius 3 is 2.63 bits per heavy atom. The summed E-state index contributed by atoms with van der Waals surface area (Å²) in [6.45, 7) is 0. The van der Waals surface area contributed by atoms with Crippen LogP contribution in [0.1, 0.15) is 22.6 Å². The lowest BCUT2D eigenvalue weighted by molar-refractivity contribution is -0.110. The summed E-state index contributed by atoms with van der Waals surface area (Å²) in [7, 11) is 3.25. The Morgan fingerprint density at radius 1 is 1.03 bits per heavy atom. The van der Waals surface area contributed by atoms with Crippen LogP contribution in [0.4, 0.5) is 5.69 Å². The monoisotopic (exact) mass is 400 g/mol. The van der Waals surface area contributed by atoms with Gasteiger partial charge in [0.1, 0.15) is 17.3 Å². The van der Waals surface area contributed by atoms with Crippen LogP contribution in [0.15, 0.2) is 48.7 Å². The van der Waals surface area contributed by atoms with Crippen LogP contribution in [0.2, 0.25) is 0 Å². The molecule has 2 aromatic carbocycles. The predicted octanol–water partition coefficient (Wildman–Crippen LogP) is 3.99. The van der Waals surface area contributed by atoms with Crippen molar-refractivity contribution < 1.29 is 14.3 Å². The molecule has 0 aliphatic carbocycles. The number of ether oxygens (including phenoxy) is 2. The average Bonchev–Trinajstić information content (AvgIpc) is 3.45. The molecule has 1 aliphatic heterocycles. The van der Waals surface area contributed by atoms with Crippen molar-refractivity contribution in [2.75, 3.05) is 19.5 Å². The van der Waals surface area contributed by atoms with Crippen LogP contribution in [0.25, 0.3) is 22.7 Å². The molecule has 0 saturated carbocycles. The Labute approximate surface area is 172 Å². The van der Waals surface area contributed by atoms with E-state index < -0.39 is 0 Å². The van der Waals surface area contributed by atoms with E-state index in [-0.39, 0.29) is 5.91 Å². The first-order chi connectivity index (χ1) is 14.7. The molecule has 0 unspecified atom stereocenters. The van der Waals surface area contributed by atoms with E-state index in [1.165, 1.54) is 0 Å². The zero-order valence-electron chi connectivity index (χ0n) is 16.6. The van der Waals surface area contributed by atoms with E-state index in [0.717, 1.165) is 45.1 Å². The minimum absolute atomic E-state index is 0.158. The van der Waals surface area contributed by atoms with E-state index in [4.69, 9.17) is 14.5 Å². The van der Waals surface area contributed by atoms with Crippen LogP contribution in [-0.4, -0.2) is 35.1 Å². The number of carbonyl (C=O) groups is 1. The number of methoxy groups -OCH3 is 2. The molecule has 1 amide bonds. The Kier molecular flexibility index (Phi) is 4.28. The van der Waals surface area contributed by atoms with Crippen molar-refractivity contribution in [3.05, 3.63) is 71.3 Å². The number of benzene rings is 2. The summed E-state index contributed by atoms with van der Waals surface area (Å²) in [5, 5.41) is 2.93. The lowest BCUT2D eigenvalue weighted by Crippen LogP contribution is -2.03. The SMILES string of the molecule is COc1ccc(Cc2nc3c4c(ccc3[nH]2)NC(=O)/C4=C/c2[nH]ccc2OC)cc1. The number of aromatic amines is 2. The maximum Gasteiger partial charge on any atom is 0.256 e. The Morgan fingerprint density at radius 2 is 1.87 bits per heavy atom. The van der Waals surface area contributed by atoms with Crippen LogP contribution >= 0.6 is 0 Å². The van der Waals surface area contributed by atoms with Gasteiger partial charge < -0.3 is 24.8 Å². The number of rotatable bonds is 5. The summed E-state index contributed by atoms with van der Waals surface area (Å²) in [6, 6.07) is 13.6. The molecule has 7 heteroatoms. The average molecular weight is 400 g/mol. The molecule has 2 aromatic heterocycles. The second-order valence-electron chi connectivity index (χ2n) is 7.06. The maximum atomic E-state index is 12.7. The molecule has 7 nitrogen and oxygen atoms in total. The number of carbonyl (C=O) groups excluding carboxylic acids is 1. The lowest BCUT2D eigenvalue weighted by atomic mass is 10.0. The Balaban J connectivity index is 1.56.